The molecule has 1 aliphatic carbocycles. The van der Waals surface area contributed by atoms with E-state index in [-0.39, 0.29) is 6.04 Å². The molecule has 2 N–H and O–H groups in total. The maximum atomic E-state index is 10.7. The maximum absolute atomic E-state index is 10.7. The van der Waals surface area contributed by atoms with Crippen LogP contribution in [0.4, 0.5) is 0 Å². The SMILES string of the molecule is O=C([O-])[C@@H]1CS[C@H]([C@@H]2CC=CCC2)[NH2+]1. The molecule has 1 aliphatic heterocycles. The van der Waals surface area contributed by atoms with E-state index in [1.807, 2.05) is 5.32 Å². The number of rotatable bonds is 2. The van der Waals surface area contributed by atoms with Gasteiger partial charge >= 0.3 is 0 Å². The fraction of sp³-hybridized carbons (Fsp3) is 0.700. The van der Waals surface area contributed by atoms with Crippen molar-refractivity contribution in [1.29, 1.82) is 0 Å². The first-order valence-electron chi connectivity index (χ1n) is 5.10. The molecule has 4 heteroatoms. The average molecular weight is 213 g/mol. The normalized spacial score (nSPS) is 37.3. The van der Waals surface area contributed by atoms with Crippen molar-refractivity contribution >= 4 is 17.7 Å². The Balaban J connectivity index is 1.88. The number of hydrogen-bond acceptors (Lipinski definition) is 3. The van der Waals surface area contributed by atoms with Gasteiger partial charge in [0.1, 0.15) is 17.4 Å². The molecule has 3 nitrogen and oxygen atoms in total. The first-order chi connectivity index (χ1) is 6.77. The molecule has 0 saturated carbocycles. The predicted octanol–water partition coefficient (Wildman–Crippen LogP) is -0.902. The lowest BCUT2D eigenvalue weighted by Gasteiger charge is -2.21. The Hall–Kier alpha value is -0.480. The molecule has 0 aromatic rings. The molecule has 0 unspecified atom stereocenters. The van der Waals surface area contributed by atoms with Gasteiger partial charge in [-0.3, -0.25) is 0 Å². The third-order valence-corrected chi connectivity index (χ3v) is 4.45. The molecule has 0 amide bonds. The molecule has 1 saturated heterocycles. The number of thioether (sulfide) groups is 1. The summed E-state index contributed by atoms with van der Waals surface area (Å²) in [7, 11) is 0. The van der Waals surface area contributed by atoms with E-state index in [0.717, 1.165) is 12.8 Å². The van der Waals surface area contributed by atoms with Crippen molar-refractivity contribution in [3.8, 4) is 0 Å². The zero-order chi connectivity index (χ0) is 9.97. The standard InChI is InChI=1S/C10H15NO2S/c12-10(13)8-6-14-9(11-8)7-4-2-1-3-5-7/h1-2,7-9,11H,3-6H2,(H,12,13)/t7-,8+,9-/m1/s1. The largest absolute Gasteiger partial charge is 0.544 e. The second-order valence-corrected chi connectivity index (χ2v) is 5.17. The highest BCUT2D eigenvalue weighted by Gasteiger charge is 2.35. The molecular weight excluding hydrogens is 198 g/mol. The van der Waals surface area contributed by atoms with Crippen LogP contribution >= 0.6 is 11.8 Å². The Kier molecular flexibility index (Phi) is 3.13. The van der Waals surface area contributed by atoms with Crippen molar-refractivity contribution in [2.24, 2.45) is 5.92 Å². The third-order valence-electron chi connectivity index (χ3n) is 2.97. The number of carboxylic acid groups (broad SMARTS) is 1. The van der Waals surface area contributed by atoms with Gasteiger partial charge < -0.3 is 15.2 Å². The van der Waals surface area contributed by atoms with Gasteiger partial charge in [-0.15, -0.1) is 0 Å². The number of carboxylic acids is 1. The van der Waals surface area contributed by atoms with Crippen LogP contribution in [-0.4, -0.2) is 23.1 Å². The van der Waals surface area contributed by atoms with Crippen molar-refractivity contribution in [3.05, 3.63) is 12.2 Å². The molecular formula is C10H15NO2S. The van der Waals surface area contributed by atoms with Crippen LogP contribution in [0.1, 0.15) is 19.3 Å². The van der Waals surface area contributed by atoms with Crippen molar-refractivity contribution < 1.29 is 15.2 Å². The van der Waals surface area contributed by atoms with E-state index in [4.69, 9.17) is 0 Å². The topological polar surface area (TPSA) is 56.7 Å². The Morgan fingerprint density at radius 3 is 2.93 bits per heavy atom. The van der Waals surface area contributed by atoms with E-state index in [2.05, 4.69) is 12.2 Å². The van der Waals surface area contributed by atoms with E-state index < -0.39 is 5.97 Å². The summed E-state index contributed by atoms with van der Waals surface area (Å²) in [5.41, 5.74) is 0. The zero-order valence-electron chi connectivity index (χ0n) is 8.02. The second-order valence-electron chi connectivity index (χ2n) is 3.96. The van der Waals surface area contributed by atoms with Gasteiger partial charge in [0, 0.05) is 5.92 Å². The Morgan fingerprint density at radius 2 is 2.36 bits per heavy atom. The molecule has 1 fully saturated rings. The number of carbonyl (C=O) groups excluding carboxylic acids is 1. The highest BCUT2D eigenvalue weighted by Crippen LogP contribution is 2.28. The van der Waals surface area contributed by atoms with Gasteiger partial charge in [0.15, 0.2) is 0 Å². The van der Waals surface area contributed by atoms with Crippen LogP contribution in [0.3, 0.4) is 0 Å². The molecule has 0 bridgehead atoms. The van der Waals surface area contributed by atoms with Gasteiger partial charge in [0.05, 0.1) is 5.75 Å². The summed E-state index contributed by atoms with van der Waals surface area (Å²) >= 11 is 1.78. The van der Waals surface area contributed by atoms with Crippen LogP contribution in [0.25, 0.3) is 0 Å². The van der Waals surface area contributed by atoms with Crippen LogP contribution in [0, 0.1) is 5.92 Å². The average Bonchev–Trinajstić information content (AvgIpc) is 2.68. The summed E-state index contributed by atoms with van der Waals surface area (Å²) in [6.07, 6.45) is 7.88. The number of quaternary nitrogens is 1. The van der Waals surface area contributed by atoms with Crippen molar-refractivity contribution in [3.63, 3.8) is 0 Å². The third kappa shape index (κ3) is 2.12. The first kappa shape index (κ1) is 10.1. The van der Waals surface area contributed by atoms with Gasteiger partial charge in [-0.25, -0.2) is 0 Å². The Bertz CT molecular complexity index is 255. The van der Waals surface area contributed by atoms with E-state index >= 15 is 0 Å². The van der Waals surface area contributed by atoms with Gasteiger partial charge in [-0.05, 0) is 19.3 Å². The fourth-order valence-electron chi connectivity index (χ4n) is 2.11. The Labute approximate surface area is 88.0 Å². The lowest BCUT2D eigenvalue weighted by atomic mass is 9.94. The minimum atomic E-state index is -0.911. The minimum Gasteiger partial charge on any atom is -0.544 e. The van der Waals surface area contributed by atoms with Crippen molar-refractivity contribution in [2.45, 2.75) is 30.7 Å². The summed E-state index contributed by atoms with van der Waals surface area (Å²) in [5, 5.41) is 13.1. The summed E-state index contributed by atoms with van der Waals surface area (Å²) in [5.74, 6) is 0.438. The number of hydrogen-bond donors (Lipinski definition) is 1. The van der Waals surface area contributed by atoms with E-state index in [1.165, 1.54) is 6.42 Å². The van der Waals surface area contributed by atoms with Crippen LogP contribution in [-0.2, 0) is 4.79 Å². The molecule has 0 aromatic heterocycles. The molecule has 78 valence electrons. The molecule has 2 rings (SSSR count). The maximum Gasteiger partial charge on any atom is 0.136 e. The summed E-state index contributed by atoms with van der Waals surface area (Å²) in [6, 6.07) is -0.323. The van der Waals surface area contributed by atoms with Gasteiger partial charge in [0.2, 0.25) is 0 Å². The zero-order valence-corrected chi connectivity index (χ0v) is 8.83. The lowest BCUT2D eigenvalue weighted by molar-refractivity contribution is -0.690. The number of aliphatic carboxylic acids is 1. The molecule has 0 spiro atoms. The van der Waals surface area contributed by atoms with E-state index in [1.54, 1.807) is 11.8 Å². The lowest BCUT2D eigenvalue weighted by Crippen LogP contribution is -2.95. The molecule has 14 heavy (non-hydrogen) atoms. The van der Waals surface area contributed by atoms with Gasteiger partial charge in [0.25, 0.3) is 0 Å². The number of allylic oxidation sites excluding steroid dienone is 2. The first-order valence-corrected chi connectivity index (χ1v) is 6.14. The molecule has 0 aromatic carbocycles. The molecule has 1 heterocycles. The monoisotopic (exact) mass is 213 g/mol. The molecule has 0 radical (unpaired) electrons. The molecule has 3 atom stereocenters. The highest BCUT2D eigenvalue weighted by molar-refractivity contribution is 7.99. The Morgan fingerprint density at radius 1 is 1.50 bits per heavy atom. The number of carbonyl (C=O) groups is 1. The summed E-state index contributed by atoms with van der Waals surface area (Å²) in [6.45, 7) is 0. The summed E-state index contributed by atoms with van der Waals surface area (Å²) < 4.78 is 0. The number of nitrogens with two attached hydrogens (primary N) is 1. The molecule has 2 aliphatic rings. The van der Waals surface area contributed by atoms with Crippen LogP contribution in [0.5, 0.6) is 0 Å². The smallest absolute Gasteiger partial charge is 0.136 e. The van der Waals surface area contributed by atoms with E-state index in [9.17, 15) is 9.90 Å². The van der Waals surface area contributed by atoms with E-state index in [0.29, 0.717) is 17.0 Å². The summed E-state index contributed by atoms with van der Waals surface area (Å²) in [4.78, 5) is 10.7. The fourth-order valence-corrected chi connectivity index (χ4v) is 3.61. The second kappa shape index (κ2) is 4.36. The van der Waals surface area contributed by atoms with Gasteiger partial charge in [-0.2, -0.15) is 0 Å². The van der Waals surface area contributed by atoms with Crippen LogP contribution < -0.4 is 10.4 Å². The van der Waals surface area contributed by atoms with Crippen LogP contribution in [0.2, 0.25) is 0 Å². The quantitative estimate of drug-likeness (QED) is 0.605. The minimum absolute atomic E-state index is 0.323. The predicted molar refractivity (Wildman–Crippen MR) is 53.4 cm³/mol. The van der Waals surface area contributed by atoms with Gasteiger partial charge in [-0.1, -0.05) is 23.9 Å². The van der Waals surface area contributed by atoms with Crippen LogP contribution in [0.15, 0.2) is 12.2 Å². The van der Waals surface area contributed by atoms with Crippen molar-refractivity contribution in [2.75, 3.05) is 5.75 Å². The highest BCUT2D eigenvalue weighted by atomic mass is 32.2. The van der Waals surface area contributed by atoms with Crippen molar-refractivity contribution in [1.82, 2.24) is 0 Å².